The highest BCUT2D eigenvalue weighted by Crippen LogP contribution is 2.41. The first kappa shape index (κ1) is 17.8. The van der Waals surface area contributed by atoms with Crippen LogP contribution in [0.1, 0.15) is 36.3 Å². The molecule has 0 spiro atoms. The van der Waals surface area contributed by atoms with Gasteiger partial charge in [0.1, 0.15) is 12.4 Å². The second-order valence-electron chi connectivity index (χ2n) is 7.25. The van der Waals surface area contributed by atoms with Gasteiger partial charge in [-0.1, -0.05) is 6.92 Å². The summed E-state index contributed by atoms with van der Waals surface area (Å²) >= 11 is 0. The molecule has 1 unspecified atom stereocenters. The summed E-state index contributed by atoms with van der Waals surface area (Å²) in [4.78, 5) is 30.0. The van der Waals surface area contributed by atoms with Gasteiger partial charge in [0.15, 0.2) is 11.8 Å². The van der Waals surface area contributed by atoms with Gasteiger partial charge in [0.25, 0.3) is 5.56 Å². The van der Waals surface area contributed by atoms with Crippen LogP contribution in [0, 0.1) is 0 Å². The minimum Gasteiger partial charge on any atom is -0.497 e. The third-order valence-corrected chi connectivity index (χ3v) is 5.80. The Bertz CT molecular complexity index is 1260. The van der Waals surface area contributed by atoms with Gasteiger partial charge >= 0.3 is 5.97 Å². The number of methoxy groups -OCH3 is 1. The van der Waals surface area contributed by atoms with Crippen molar-refractivity contribution in [2.75, 3.05) is 7.11 Å². The Morgan fingerprint density at radius 1 is 1.31 bits per heavy atom. The molecule has 8 nitrogen and oxygen atoms in total. The molecule has 3 aromatic rings. The molecule has 29 heavy (non-hydrogen) atoms. The van der Waals surface area contributed by atoms with Gasteiger partial charge in [-0.2, -0.15) is 0 Å². The fraction of sp³-hybridized carbons (Fsp3) is 0.286. The van der Waals surface area contributed by atoms with Crippen molar-refractivity contribution in [2.24, 2.45) is 0 Å². The van der Waals surface area contributed by atoms with E-state index < -0.39 is 23.4 Å². The lowest BCUT2D eigenvalue weighted by atomic mass is 9.86. The number of fused-ring (bicyclic) bond motifs is 5. The van der Waals surface area contributed by atoms with Gasteiger partial charge in [-0.05, 0) is 36.8 Å². The average Bonchev–Trinajstić information content (AvgIpc) is 3.00. The zero-order valence-electron chi connectivity index (χ0n) is 15.8. The molecule has 0 bridgehead atoms. The SMILES string of the molecule is CC[C@@]1(O)C(=O)OCc2c1cc1n(c2=O)C(O)c2cc3cc(OC)ccc3nc2-1. The van der Waals surface area contributed by atoms with Crippen LogP contribution in [0.2, 0.25) is 0 Å². The maximum atomic E-state index is 13.1. The number of nitrogens with zero attached hydrogens (tertiary/aromatic N) is 2. The van der Waals surface area contributed by atoms with Crippen molar-refractivity contribution in [1.82, 2.24) is 9.55 Å². The Morgan fingerprint density at radius 3 is 2.83 bits per heavy atom. The smallest absolute Gasteiger partial charge is 0.343 e. The molecule has 2 atom stereocenters. The number of ether oxygens (including phenoxy) is 2. The van der Waals surface area contributed by atoms with Gasteiger partial charge in [-0.3, -0.25) is 9.36 Å². The lowest BCUT2D eigenvalue weighted by Crippen LogP contribution is -2.44. The van der Waals surface area contributed by atoms with E-state index >= 15 is 0 Å². The van der Waals surface area contributed by atoms with Crippen molar-refractivity contribution in [2.45, 2.75) is 31.8 Å². The molecule has 0 fully saturated rings. The molecule has 2 aliphatic rings. The number of aliphatic hydroxyl groups is 2. The number of hydrogen-bond acceptors (Lipinski definition) is 7. The van der Waals surface area contributed by atoms with E-state index in [1.165, 1.54) is 4.57 Å². The highest BCUT2D eigenvalue weighted by atomic mass is 16.6. The van der Waals surface area contributed by atoms with Gasteiger partial charge in [0.05, 0.1) is 29.6 Å². The molecule has 0 radical (unpaired) electrons. The van der Waals surface area contributed by atoms with E-state index in [9.17, 15) is 19.8 Å². The maximum Gasteiger partial charge on any atom is 0.343 e. The van der Waals surface area contributed by atoms with E-state index in [1.807, 2.05) is 0 Å². The number of benzene rings is 1. The Balaban J connectivity index is 1.81. The fourth-order valence-corrected chi connectivity index (χ4v) is 4.14. The third-order valence-electron chi connectivity index (χ3n) is 5.80. The van der Waals surface area contributed by atoms with Crippen LogP contribution in [0.4, 0.5) is 0 Å². The predicted octanol–water partition coefficient (Wildman–Crippen LogP) is 1.58. The largest absolute Gasteiger partial charge is 0.497 e. The molecule has 0 aliphatic carbocycles. The molecule has 0 saturated heterocycles. The quantitative estimate of drug-likeness (QED) is 0.635. The van der Waals surface area contributed by atoms with Crippen LogP contribution in [-0.4, -0.2) is 32.8 Å². The molecule has 2 aliphatic heterocycles. The maximum absolute atomic E-state index is 13.1. The Kier molecular flexibility index (Phi) is 3.62. The minimum atomic E-state index is -1.90. The van der Waals surface area contributed by atoms with E-state index in [2.05, 4.69) is 4.98 Å². The van der Waals surface area contributed by atoms with Crippen molar-refractivity contribution in [3.63, 3.8) is 0 Å². The summed E-state index contributed by atoms with van der Waals surface area (Å²) in [5.41, 5.74) is -0.106. The van der Waals surface area contributed by atoms with Crippen LogP contribution in [0.3, 0.4) is 0 Å². The molecule has 1 aromatic carbocycles. The zero-order valence-corrected chi connectivity index (χ0v) is 15.8. The topological polar surface area (TPSA) is 111 Å². The van der Waals surface area contributed by atoms with Gasteiger partial charge in [-0.25, -0.2) is 9.78 Å². The molecule has 0 saturated carbocycles. The summed E-state index contributed by atoms with van der Waals surface area (Å²) in [5.74, 6) is -0.130. The molecular formula is C21H18N2O6. The van der Waals surface area contributed by atoms with Gasteiger partial charge in [0, 0.05) is 16.5 Å². The van der Waals surface area contributed by atoms with Crippen LogP contribution >= 0.6 is 0 Å². The monoisotopic (exact) mass is 394 g/mol. The van der Waals surface area contributed by atoms with Gasteiger partial charge in [0.2, 0.25) is 0 Å². The summed E-state index contributed by atoms with van der Waals surface area (Å²) in [7, 11) is 1.56. The van der Waals surface area contributed by atoms with Crippen LogP contribution in [0.5, 0.6) is 5.75 Å². The van der Waals surface area contributed by atoms with E-state index in [0.29, 0.717) is 28.2 Å². The van der Waals surface area contributed by atoms with Crippen LogP contribution in [0.25, 0.3) is 22.3 Å². The van der Waals surface area contributed by atoms with Crippen molar-refractivity contribution in [3.05, 3.63) is 57.4 Å². The lowest BCUT2D eigenvalue weighted by Gasteiger charge is -2.31. The molecule has 0 amide bonds. The van der Waals surface area contributed by atoms with Crippen LogP contribution < -0.4 is 10.3 Å². The number of carbonyl (C=O) groups excluding carboxylic acids is 1. The van der Waals surface area contributed by atoms with Crippen molar-refractivity contribution in [3.8, 4) is 17.1 Å². The molecule has 5 rings (SSSR count). The summed E-state index contributed by atoms with van der Waals surface area (Å²) in [6, 6.07) is 8.70. The number of aliphatic hydroxyl groups excluding tert-OH is 1. The Hall–Kier alpha value is -3.23. The van der Waals surface area contributed by atoms with Crippen molar-refractivity contribution < 1.29 is 24.5 Å². The second kappa shape index (κ2) is 5.88. The second-order valence-corrected chi connectivity index (χ2v) is 7.25. The Labute approximate surface area is 165 Å². The normalized spacial score (nSPS) is 22.1. The predicted molar refractivity (Wildman–Crippen MR) is 102 cm³/mol. The van der Waals surface area contributed by atoms with Gasteiger partial charge < -0.3 is 19.7 Å². The molecule has 2 N–H and O–H groups in total. The standard InChI is InChI=1S/C21H18N2O6/c1-3-21(27)14-8-16-17-12(7-10-6-11(28-2)4-5-15(10)22-17)18(24)23(16)19(25)13(14)9-29-20(21)26/h4-8,18,24,27H,3,9H2,1-2H3/t18?,21-/m0/s1. The molecule has 8 heteroatoms. The molecule has 2 aromatic heterocycles. The number of esters is 1. The summed E-state index contributed by atoms with van der Waals surface area (Å²) in [6.07, 6.45) is -1.17. The van der Waals surface area contributed by atoms with Crippen molar-refractivity contribution >= 4 is 16.9 Å². The molecular weight excluding hydrogens is 376 g/mol. The summed E-state index contributed by atoms with van der Waals surface area (Å²) < 4.78 is 11.5. The van der Waals surface area contributed by atoms with Crippen LogP contribution in [-0.2, 0) is 21.7 Å². The first-order chi connectivity index (χ1) is 13.9. The first-order valence-electron chi connectivity index (χ1n) is 9.24. The van der Waals surface area contributed by atoms with E-state index in [1.54, 1.807) is 44.4 Å². The summed E-state index contributed by atoms with van der Waals surface area (Å²) in [5, 5.41) is 22.5. The number of cyclic esters (lactones) is 1. The number of pyridine rings is 2. The number of hydrogen-bond donors (Lipinski definition) is 2. The van der Waals surface area contributed by atoms with E-state index in [0.717, 1.165) is 5.39 Å². The van der Waals surface area contributed by atoms with Gasteiger partial charge in [-0.15, -0.1) is 0 Å². The number of carbonyl (C=O) groups is 1. The summed E-state index contributed by atoms with van der Waals surface area (Å²) in [6.45, 7) is 1.40. The lowest BCUT2D eigenvalue weighted by molar-refractivity contribution is -0.172. The Morgan fingerprint density at radius 2 is 2.10 bits per heavy atom. The first-order valence-corrected chi connectivity index (χ1v) is 9.24. The molecule has 148 valence electrons. The van der Waals surface area contributed by atoms with E-state index in [4.69, 9.17) is 9.47 Å². The van der Waals surface area contributed by atoms with Crippen LogP contribution in [0.15, 0.2) is 35.1 Å². The average molecular weight is 394 g/mol. The highest BCUT2D eigenvalue weighted by molar-refractivity contribution is 5.87. The van der Waals surface area contributed by atoms with E-state index in [-0.39, 0.29) is 24.2 Å². The fourth-order valence-electron chi connectivity index (χ4n) is 4.14. The number of rotatable bonds is 2. The zero-order chi connectivity index (χ0) is 20.5. The third kappa shape index (κ3) is 2.24. The minimum absolute atomic E-state index is 0.0576. The molecule has 4 heterocycles. The number of aromatic nitrogens is 2. The highest BCUT2D eigenvalue weighted by Gasteiger charge is 2.46. The van der Waals surface area contributed by atoms with Crippen molar-refractivity contribution in [1.29, 1.82) is 0 Å².